The predicted octanol–water partition coefficient (Wildman–Crippen LogP) is 2.51. The van der Waals surface area contributed by atoms with Crippen LogP contribution in [0.25, 0.3) is 0 Å². The van der Waals surface area contributed by atoms with Crippen LogP contribution in [0.15, 0.2) is 29.6 Å². The highest BCUT2D eigenvalue weighted by molar-refractivity contribution is 7.10. The molecule has 0 radical (unpaired) electrons. The van der Waals surface area contributed by atoms with Crippen LogP contribution in [0.1, 0.15) is 16.5 Å². The first-order chi connectivity index (χ1) is 14.2. The highest BCUT2D eigenvalue weighted by atomic mass is 32.1. The number of thiophene rings is 1. The van der Waals surface area contributed by atoms with Gasteiger partial charge in [0.05, 0.1) is 47.0 Å². The van der Waals surface area contributed by atoms with Crippen LogP contribution in [0.3, 0.4) is 0 Å². The highest BCUT2D eigenvalue weighted by Gasteiger charge is 2.24. The van der Waals surface area contributed by atoms with Crippen LogP contribution >= 0.6 is 11.3 Å². The quantitative estimate of drug-likeness (QED) is 0.672. The molecule has 158 valence electrons. The third-order valence-electron chi connectivity index (χ3n) is 4.94. The van der Waals surface area contributed by atoms with Crippen molar-refractivity contribution in [1.29, 1.82) is 0 Å². The molecule has 1 unspecified atom stereocenters. The fraction of sp³-hybridized carbons (Fsp3) is 0.476. The smallest absolute Gasteiger partial charge is 0.224 e. The summed E-state index contributed by atoms with van der Waals surface area (Å²) in [5, 5.41) is 5.16. The lowest BCUT2D eigenvalue weighted by Gasteiger charge is -2.34. The minimum absolute atomic E-state index is 0.0471. The fourth-order valence-corrected chi connectivity index (χ4v) is 4.34. The molecular formula is C21H28N2O5S. The molecule has 1 amide bonds. The van der Waals surface area contributed by atoms with Crippen LogP contribution in [0.4, 0.5) is 0 Å². The van der Waals surface area contributed by atoms with E-state index in [2.05, 4.69) is 21.7 Å². The molecule has 8 heteroatoms. The van der Waals surface area contributed by atoms with Gasteiger partial charge in [-0.2, -0.15) is 0 Å². The normalized spacial score (nSPS) is 15.6. The first kappa shape index (κ1) is 21.4. The van der Waals surface area contributed by atoms with E-state index in [0.29, 0.717) is 23.8 Å². The third-order valence-corrected chi connectivity index (χ3v) is 5.91. The van der Waals surface area contributed by atoms with Gasteiger partial charge in [-0.05, 0) is 29.1 Å². The fourth-order valence-electron chi connectivity index (χ4n) is 3.48. The van der Waals surface area contributed by atoms with Crippen LogP contribution < -0.4 is 19.5 Å². The minimum atomic E-state index is -0.0471. The number of hydrogen-bond donors (Lipinski definition) is 1. The molecule has 1 atom stereocenters. The molecule has 29 heavy (non-hydrogen) atoms. The van der Waals surface area contributed by atoms with Gasteiger partial charge in [0.15, 0.2) is 11.5 Å². The molecule has 0 spiro atoms. The van der Waals surface area contributed by atoms with E-state index in [9.17, 15) is 4.79 Å². The monoisotopic (exact) mass is 420 g/mol. The zero-order valence-electron chi connectivity index (χ0n) is 17.1. The van der Waals surface area contributed by atoms with Crippen molar-refractivity contribution in [2.45, 2.75) is 12.5 Å². The molecule has 2 heterocycles. The number of nitrogens with one attached hydrogen (secondary N) is 1. The summed E-state index contributed by atoms with van der Waals surface area (Å²) in [5.74, 6) is 1.55. The maximum atomic E-state index is 12.7. The van der Waals surface area contributed by atoms with Crippen LogP contribution in [0, 0.1) is 0 Å². The van der Waals surface area contributed by atoms with E-state index in [0.717, 1.165) is 31.9 Å². The van der Waals surface area contributed by atoms with Gasteiger partial charge in [-0.1, -0.05) is 6.07 Å². The van der Waals surface area contributed by atoms with Crippen molar-refractivity contribution >= 4 is 17.2 Å². The Bertz CT molecular complexity index is 765. The topological polar surface area (TPSA) is 69.3 Å². The molecule has 3 rings (SSSR count). The number of nitrogens with zero attached hydrogens (tertiary/aromatic N) is 1. The number of methoxy groups -OCH3 is 3. The van der Waals surface area contributed by atoms with Crippen LogP contribution in [-0.2, 0) is 16.0 Å². The molecule has 1 aromatic heterocycles. The number of ether oxygens (including phenoxy) is 4. The molecule has 0 saturated carbocycles. The largest absolute Gasteiger partial charge is 0.493 e. The molecule has 1 saturated heterocycles. The van der Waals surface area contributed by atoms with E-state index in [1.165, 1.54) is 4.88 Å². The van der Waals surface area contributed by atoms with Crippen molar-refractivity contribution in [3.8, 4) is 17.2 Å². The van der Waals surface area contributed by atoms with Gasteiger partial charge >= 0.3 is 0 Å². The van der Waals surface area contributed by atoms with Gasteiger partial charge in [0, 0.05) is 24.5 Å². The molecule has 1 aliphatic heterocycles. The molecule has 1 N–H and O–H groups in total. The minimum Gasteiger partial charge on any atom is -0.493 e. The van der Waals surface area contributed by atoms with Crippen LogP contribution in [0.5, 0.6) is 17.2 Å². The summed E-state index contributed by atoms with van der Waals surface area (Å²) in [4.78, 5) is 16.3. The van der Waals surface area contributed by atoms with Gasteiger partial charge in [0.2, 0.25) is 11.7 Å². The van der Waals surface area contributed by atoms with E-state index in [1.807, 2.05) is 6.07 Å². The second kappa shape index (κ2) is 10.5. The van der Waals surface area contributed by atoms with E-state index >= 15 is 0 Å². The maximum Gasteiger partial charge on any atom is 0.224 e. The first-order valence-corrected chi connectivity index (χ1v) is 10.4. The first-order valence-electron chi connectivity index (χ1n) is 9.57. The predicted molar refractivity (Wildman–Crippen MR) is 112 cm³/mol. The standard InChI is InChI=1S/C21H28N2O5S/c1-25-17-11-15(12-18(26-2)21(17)27-3)13-20(24)22-14-16(19-5-4-10-29-19)23-6-8-28-9-7-23/h4-5,10-12,16H,6-9,13-14H2,1-3H3,(H,22,24). The van der Waals surface area contributed by atoms with Gasteiger partial charge in [0.1, 0.15) is 0 Å². The lowest BCUT2D eigenvalue weighted by atomic mass is 10.1. The molecular weight excluding hydrogens is 392 g/mol. The van der Waals surface area contributed by atoms with Crippen molar-refractivity contribution in [2.24, 2.45) is 0 Å². The lowest BCUT2D eigenvalue weighted by Crippen LogP contribution is -2.43. The number of hydrogen-bond acceptors (Lipinski definition) is 7. The second-order valence-electron chi connectivity index (χ2n) is 6.69. The number of carbonyl (C=O) groups excluding carboxylic acids is 1. The van der Waals surface area contributed by atoms with Gasteiger partial charge in [0.25, 0.3) is 0 Å². The molecule has 2 aromatic rings. The SMILES string of the molecule is COc1cc(CC(=O)NCC(c2cccs2)N2CCOCC2)cc(OC)c1OC. The van der Waals surface area contributed by atoms with Gasteiger partial charge < -0.3 is 24.3 Å². The number of benzene rings is 1. The summed E-state index contributed by atoms with van der Waals surface area (Å²) in [5.41, 5.74) is 0.802. The zero-order valence-corrected chi connectivity index (χ0v) is 17.9. The zero-order chi connectivity index (χ0) is 20.6. The Morgan fingerprint density at radius 3 is 2.41 bits per heavy atom. The van der Waals surface area contributed by atoms with Gasteiger partial charge in [-0.3, -0.25) is 9.69 Å². The maximum absolute atomic E-state index is 12.7. The Hall–Kier alpha value is -2.29. The average molecular weight is 421 g/mol. The summed E-state index contributed by atoms with van der Waals surface area (Å²) in [6, 6.07) is 7.93. The van der Waals surface area contributed by atoms with Gasteiger partial charge in [-0.25, -0.2) is 0 Å². The Labute approximate surface area is 175 Å². The Morgan fingerprint density at radius 2 is 1.86 bits per heavy atom. The summed E-state index contributed by atoms with van der Waals surface area (Å²) in [6.45, 7) is 3.74. The molecule has 1 aromatic carbocycles. The third kappa shape index (κ3) is 5.41. The van der Waals surface area contributed by atoms with Gasteiger partial charge in [-0.15, -0.1) is 11.3 Å². The Morgan fingerprint density at radius 1 is 1.17 bits per heavy atom. The average Bonchev–Trinajstić information content (AvgIpc) is 3.28. The van der Waals surface area contributed by atoms with E-state index in [4.69, 9.17) is 18.9 Å². The van der Waals surface area contributed by atoms with Crippen molar-refractivity contribution < 1.29 is 23.7 Å². The molecule has 0 aliphatic carbocycles. The van der Waals surface area contributed by atoms with Crippen LogP contribution in [-0.4, -0.2) is 65.0 Å². The number of rotatable bonds is 9. The molecule has 0 bridgehead atoms. The highest BCUT2D eigenvalue weighted by Crippen LogP contribution is 2.38. The molecule has 1 aliphatic rings. The van der Waals surface area contributed by atoms with E-state index < -0.39 is 0 Å². The van der Waals surface area contributed by atoms with Crippen molar-refractivity contribution in [1.82, 2.24) is 10.2 Å². The molecule has 7 nitrogen and oxygen atoms in total. The summed E-state index contributed by atoms with van der Waals surface area (Å²) in [7, 11) is 4.69. The van der Waals surface area contributed by atoms with Crippen molar-refractivity contribution in [3.63, 3.8) is 0 Å². The summed E-state index contributed by atoms with van der Waals surface area (Å²) in [6.07, 6.45) is 0.233. The second-order valence-corrected chi connectivity index (χ2v) is 7.67. The summed E-state index contributed by atoms with van der Waals surface area (Å²) < 4.78 is 21.6. The van der Waals surface area contributed by atoms with Crippen molar-refractivity contribution in [3.05, 3.63) is 40.1 Å². The van der Waals surface area contributed by atoms with E-state index in [1.54, 1.807) is 44.8 Å². The van der Waals surface area contributed by atoms with Crippen molar-refractivity contribution in [2.75, 3.05) is 54.2 Å². The Kier molecular flexibility index (Phi) is 7.74. The van der Waals surface area contributed by atoms with Crippen LogP contribution in [0.2, 0.25) is 0 Å². The Balaban J connectivity index is 1.66. The number of morpholine rings is 1. The number of carbonyl (C=O) groups is 1. The number of amides is 1. The lowest BCUT2D eigenvalue weighted by molar-refractivity contribution is -0.120. The van der Waals surface area contributed by atoms with E-state index in [-0.39, 0.29) is 18.4 Å². The molecule has 1 fully saturated rings. The summed E-state index contributed by atoms with van der Waals surface area (Å²) >= 11 is 1.71.